The monoisotopic (exact) mass is 532 g/mol. The van der Waals surface area contributed by atoms with Gasteiger partial charge in [-0.1, -0.05) is 47.7 Å². The zero-order valence-electron chi connectivity index (χ0n) is 20.2. The second-order valence-electron chi connectivity index (χ2n) is 10.5. The van der Waals surface area contributed by atoms with E-state index >= 15 is 0 Å². The van der Waals surface area contributed by atoms with Gasteiger partial charge in [0.25, 0.3) is 0 Å². The number of nitrogens with zero attached hydrogens (tertiary/aromatic N) is 1. The van der Waals surface area contributed by atoms with Crippen LogP contribution in [0.5, 0.6) is 0 Å². The Morgan fingerprint density at radius 3 is 2.57 bits per heavy atom. The van der Waals surface area contributed by atoms with Gasteiger partial charge in [-0.3, -0.25) is 19.3 Å². The molecule has 4 aliphatic rings. The summed E-state index contributed by atoms with van der Waals surface area (Å²) in [6.07, 6.45) is 0.819. The predicted octanol–water partition coefficient (Wildman–Crippen LogP) is 4.29. The Kier molecular flexibility index (Phi) is 4.92. The lowest BCUT2D eigenvalue weighted by molar-refractivity contribution is -0.123. The van der Waals surface area contributed by atoms with Crippen LogP contribution in [-0.2, 0) is 14.3 Å². The zero-order chi connectivity index (χ0) is 25.6. The van der Waals surface area contributed by atoms with Crippen LogP contribution < -0.4 is 9.77 Å². The number of anilines is 1. The van der Waals surface area contributed by atoms with Gasteiger partial charge in [0.15, 0.2) is 0 Å². The fraction of sp³-hybridized carbons (Fsp3) is 0.357. The number of carbonyl (C=O) groups is 3. The summed E-state index contributed by atoms with van der Waals surface area (Å²) in [4.78, 5) is 57.7. The van der Waals surface area contributed by atoms with Gasteiger partial charge >= 0.3 is 10.8 Å². The van der Waals surface area contributed by atoms with Crippen molar-refractivity contribution in [3.05, 3.63) is 80.3 Å². The fourth-order valence-corrected chi connectivity index (χ4v) is 10.6. The second-order valence-corrected chi connectivity index (χ2v) is 13.0. The molecule has 2 aliphatic carbocycles. The minimum atomic E-state index is -0.512. The molecule has 1 N–H and O–H groups in total. The molecule has 1 saturated heterocycles. The SMILES string of the molecule is COC(=O)c1cccc(N2C(=O)[C@H]3[C@@H]4C[C@H]([C@H]3C2=O)[C@@]2(C)Sc3[nH]c(=O)sc3[C@H](c3ccccc3)[C@@H]42)c1. The molecule has 3 aromatic rings. The van der Waals surface area contributed by atoms with Crippen molar-refractivity contribution in [1.29, 1.82) is 0 Å². The van der Waals surface area contributed by atoms with Crippen LogP contribution in [0.1, 0.15) is 40.1 Å². The Morgan fingerprint density at radius 1 is 1.05 bits per heavy atom. The summed E-state index contributed by atoms with van der Waals surface area (Å²) in [7, 11) is 1.30. The molecule has 0 unspecified atom stereocenters. The van der Waals surface area contributed by atoms with E-state index in [1.165, 1.54) is 23.3 Å². The topological polar surface area (TPSA) is 96.5 Å². The van der Waals surface area contributed by atoms with Crippen LogP contribution in [0.25, 0.3) is 0 Å². The lowest BCUT2D eigenvalue weighted by Gasteiger charge is -2.50. The molecular formula is C28H24N2O5S2. The Labute approximate surface area is 221 Å². The largest absolute Gasteiger partial charge is 0.465 e. The molecule has 3 heterocycles. The molecule has 3 fully saturated rings. The minimum absolute atomic E-state index is 0.00510. The van der Waals surface area contributed by atoms with Gasteiger partial charge in [-0.05, 0) is 54.9 Å². The molecule has 2 aromatic carbocycles. The van der Waals surface area contributed by atoms with Gasteiger partial charge in [0, 0.05) is 15.5 Å². The highest BCUT2D eigenvalue weighted by Crippen LogP contribution is 2.73. The molecule has 1 aromatic heterocycles. The number of ether oxygens (including phenoxy) is 1. The fourth-order valence-electron chi connectivity index (χ4n) is 7.68. The number of amides is 2. The number of benzene rings is 2. The number of carbonyl (C=O) groups excluding carboxylic acids is 3. The molecule has 7 nitrogen and oxygen atoms in total. The number of thioether (sulfide) groups is 1. The van der Waals surface area contributed by atoms with Gasteiger partial charge in [0.2, 0.25) is 11.8 Å². The molecule has 7 atom stereocenters. The molecule has 7 rings (SSSR count). The van der Waals surface area contributed by atoms with Crippen molar-refractivity contribution >= 4 is 46.6 Å². The lowest BCUT2D eigenvalue weighted by atomic mass is 9.63. The number of fused-ring (bicyclic) bond motifs is 9. The number of methoxy groups -OCH3 is 1. The third-order valence-electron chi connectivity index (χ3n) is 8.97. The molecule has 37 heavy (non-hydrogen) atoms. The van der Waals surface area contributed by atoms with Gasteiger partial charge < -0.3 is 9.72 Å². The number of aromatic amines is 1. The van der Waals surface area contributed by atoms with Crippen molar-refractivity contribution in [2.75, 3.05) is 12.0 Å². The summed E-state index contributed by atoms with van der Waals surface area (Å²) < 4.78 is 4.53. The third-order valence-corrected chi connectivity index (χ3v) is 11.6. The summed E-state index contributed by atoms with van der Waals surface area (Å²) in [5.74, 6) is -1.56. The van der Waals surface area contributed by atoms with E-state index in [4.69, 9.17) is 4.74 Å². The number of thiazole rings is 1. The number of rotatable bonds is 3. The Bertz CT molecular complexity index is 1530. The molecule has 2 saturated carbocycles. The summed E-state index contributed by atoms with van der Waals surface area (Å²) in [6.45, 7) is 2.22. The Morgan fingerprint density at radius 2 is 1.81 bits per heavy atom. The maximum absolute atomic E-state index is 13.9. The second kappa shape index (κ2) is 7.91. The predicted molar refractivity (Wildman–Crippen MR) is 140 cm³/mol. The van der Waals surface area contributed by atoms with Crippen molar-refractivity contribution in [2.24, 2.45) is 29.6 Å². The first-order valence-corrected chi connectivity index (χ1v) is 14.0. The van der Waals surface area contributed by atoms with E-state index in [0.29, 0.717) is 11.3 Å². The van der Waals surface area contributed by atoms with E-state index in [0.717, 1.165) is 21.9 Å². The van der Waals surface area contributed by atoms with Crippen LogP contribution in [0.15, 0.2) is 64.4 Å². The van der Waals surface area contributed by atoms with Crippen LogP contribution in [0.2, 0.25) is 0 Å². The average molecular weight is 533 g/mol. The summed E-state index contributed by atoms with van der Waals surface area (Å²) in [5.41, 5.74) is 1.85. The van der Waals surface area contributed by atoms with Gasteiger partial charge in [0.05, 0.1) is 35.2 Å². The Hall–Kier alpha value is -3.17. The molecule has 2 aliphatic heterocycles. The first-order chi connectivity index (χ1) is 17.8. The van der Waals surface area contributed by atoms with Gasteiger partial charge in [0.1, 0.15) is 0 Å². The Balaban J connectivity index is 1.33. The van der Waals surface area contributed by atoms with E-state index in [1.807, 2.05) is 18.2 Å². The average Bonchev–Trinajstić information content (AvgIpc) is 3.61. The summed E-state index contributed by atoms with van der Waals surface area (Å²) in [6, 6.07) is 16.8. The van der Waals surface area contributed by atoms with E-state index in [-0.39, 0.29) is 45.1 Å². The number of hydrogen-bond donors (Lipinski definition) is 1. The molecule has 0 radical (unpaired) electrons. The highest BCUT2D eigenvalue weighted by molar-refractivity contribution is 8.00. The smallest absolute Gasteiger partial charge is 0.337 e. The number of H-pyrrole nitrogens is 1. The normalized spacial score (nSPS) is 33.3. The number of esters is 1. The van der Waals surface area contributed by atoms with Crippen LogP contribution in [-0.4, -0.2) is 34.6 Å². The number of imide groups is 1. The molecule has 2 amide bonds. The van der Waals surface area contributed by atoms with Crippen LogP contribution >= 0.6 is 23.1 Å². The maximum atomic E-state index is 13.9. The summed E-state index contributed by atoms with van der Waals surface area (Å²) >= 11 is 2.94. The van der Waals surface area contributed by atoms with Gasteiger partial charge in [-0.25, -0.2) is 4.79 Å². The first-order valence-electron chi connectivity index (χ1n) is 12.4. The number of hydrogen-bond acceptors (Lipinski definition) is 7. The van der Waals surface area contributed by atoms with E-state index in [2.05, 4.69) is 24.0 Å². The first kappa shape index (κ1) is 23.0. The third kappa shape index (κ3) is 3.01. The standard InChI is InChI=1S/C28H24N2O5S2/c1-28-17-12-16(21(28)18(13-7-4-3-5-8-13)22-23(37-28)29-27(34)36-22)19-20(17)25(32)30(24(19)31)15-10-6-9-14(11-15)26(33)35-2/h3-11,16-21H,12H2,1-2H3,(H,29,34)/t16-,17+,18+,19-,20+,21+,28+/m0/s1. The van der Waals surface area contributed by atoms with Crippen molar-refractivity contribution in [3.63, 3.8) is 0 Å². The van der Waals surface area contributed by atoms with E-state index in [1.54, 1.807) is 36.0 Å². The lowest BCUT2D eigenvalue weighted by Crippen LogP contribution is -2.50. The zero-order valence-corrected chi connectivity index (χ0v) is 21.8. The van der Waals surface area contributed by atoms with E-state index in [9.17, 15) is 19.2 Å². The van der Waals surface area contributed by atoms with Crippen LogP contribution in [0.3, 0.4) is 0 Å². The molecule has 2 bridgehead atoms. The quantitative estimate of drug-likeness (QED) is 0.399. The van der Waals surface area contributed by atoms with Crippen LogP contribution in [0, 0.1) is 29.6 Å². The van der Waals surface area contributed by atoms with E-state index < -0.39 is 17.8 Å². The van der Waals surface area contributed by atoms with Gasteiger partial charge in [-0.2, -0.15) is 0 Å². The molecule has 188 valence electrons. The minimum Gasteiger partial charge on any atom is -0.465 e. The maximum Gasteiger partial charge on any atom is 0.337 e. The molecule has 9 heteroatoms. The van der Waals surface area contributed by atoms with Gasteiger partial charge in [-0.15, -0.1) is 11.8 Å². The van der Waals surface area contributed by atoms with Crippen molar-refractivity contribution in [2.45, 2.75) is 29.0 Å². The number of nitrogens with one attached hydrogen (secondary N) is 1. The van der Waals surface area contributed by atoms with Crippen molar-refractivity contribution in [3.8, 4) is 0 Å². The highest BCUT2D eigenvalue weighted by Gasteiger charge is 2.73. The summed E-state index contributed by atoms with van der Waals surface area (Å²) in [5, 5.41) is 0.895. The number of aromatic nitrogens is 1. The molecular weight excluding hydrogens is 508 g/mol. The molecule has 0 spiro atoms. The van der Waals surface area contributed by atoms with Crippen molar-refractivity contribution < 1.29 is 19.1 Å². The van der Waals surface area contributed by atoms with Crippen LogP contribution in [0.4, 0.5) is 5.69 Å². The van der Waals surface area contributed by atoms with Crippen molar-refractivity contribution in [1.82, 2.24) is 4.98 Å². The highest BCUT2D eigenvalue weighted by atomic mass is 32.2.